The molecule has 1 aromatic rings. The van der Waals surface area contributed by atoms with Gasteiger partial charge in [0.15, 0.2) is 0 Å². The fourth-order valence-electron chi connectivity index (χ4n) is 2.76. The van der Waals surface area contributed by atoms with Crippen LogP contribution in [0.15, 0.2) is 15.5 Å². The predicted molar refractivity (Wildman–Crippen MR) is 83.0 cm³/mol. The fourth-order valence-corrected chi connectivity index (χ4v) is 3.17. The molecule has 0 aromatic carbocycles. The molecule has 1 aliphatic rings. The Balaban J connectivity index is 2.24. The number of aliphatic hydroxyl groups is 1. The zero-order valence-corrected chi connectivity index (χ0v) is 13.4. The van der Waals surface area contributed by atoms with Gasteiger partial charge in [0.05, 0.1) is 24.0 Å². The quantitative estimate of drug-likeness (QED) is 0.861. The van der Waals surface area contributed by atoms with E-state index in [0.717, 1.165) is 32.1 Å². The highest BCUT2D eigenvalue weighted by atomic mass is 79.9. The van der Waals surface area contributed by atoms with Crippen molar-refractivity contribution >= 4 is 21.6 Å². The SMILES string of the molecule is CCCn1ncc(NC2(CO)CCCCC2)c(Br)c1=O. The van der Waals surface area contributed by atoms with Gasteiger partial charge in [0.2, 0.25) is 0 Å². The van der Waals surface area contributed by atoms with Gasteiger partial charge >= 0.3 is 0 Å². The highest BCUT2D eigenvalue weighted by Gasteiger charge is 2.32. The number of halogens is 1. The zero-order valence-electron chi connectivity index (χ0n) is 11.9. The summed E-state index contributed by atoms with van der Waals surface area (Å²) in [6.45, 7) is 2.71. The molecule has 1 heterocycles. The molecule has 1 saturated carbocycles. The Kier molecular flexibility index (Phi) is 5.21. The second-order valence-corrected chi connectivity index (χ2v) is 6.32. The van der Waals surface area contributed by atoms with Gasteiger partial charge in [-0.25, -0.2) is 4.68 Å². The number of aryl methyl sites for hydroxylation is 1. The van der Waals surface area contributed by atoms with E-state index in [0.29, 0.717) is 16.7 Å². The van der Waals surface area contributed by atoms with E-state index >= 15 is 0 Å². The molecule has 0 radical (unpaired) electrons. The number of nitrogens with zero attached hydrogens (tertiary/aromatic N) is 2. The van der Waals surface area contributed by atoms with Crippen molar-refractivity contribution in [1.82, 2.24) is 9.78 Å². The number of aromatic nitrogens is 2. The minimum atomic E-state index is -0.314. The van der Waals surface area contributed by atoms with Crippen LogP contribution in [-0.2, 0) is 6.54 Å². The third-order valence-corrected chi connectivity index (χ3v) is 4.70. The van der Waals surface area contributed by atoms with Crippen molar-refractivity contribution in [3.63, 3.8) is 0 Å². The molecule has 0 aliphatic heterocycles. The number of nitrogens with one attached hydrogen (secondary N) is 1. The molecule has 0 bridgehead atoms. The summed E-state index contributed by atoms with van der Waals surface area (Å²) in [5, 5.41) is 17.3. The first-order chi connectivity index (χ1) is 9.62. The predicted octanol–water partition coefficient (Wildman–Crippen LogP) is 2.52. The average molecular weight is 344 g/mol. The molecule has 0 atom stereocenters. The number of rotatable bonds is 5. The normalized spacial score (nSPS) is 17.9. The first-order valence-electron chi connectivity index (χ1n) is 7.26. The molecule has 112 valence electrons. The summed E-state index contributed by atoms with van der Waals surface area (Å²) in [5.41, 5.74) is 0.241. The van der Waals surface area contributed by atoms with E-state index in [-0.39, 0.29) is 17.7 Å². The minimum Gasteiger partial charge on any atom is -0.394 e. The maximum absolute atomic E-state index is 12.2. The summed E-state index contributed by atoms with van der Waals surface area (Å²) >= 11 is 3.36. The Bertz CT molecular complexity index is 510. The van der Waals surface area contributed by atoms with Gasteiger partial charge < -0.3 is 10.4 Å². The molecular weight excluding hydrogens is 322 g/mol. The minimum absolute atomic E-state index is 0.0808. The van der Waals surface area contributed by atoms with Crippen molar-refractivity contribution in [3.05, 3.63) is 21.0 Å². The Morgan fingerprint density at radius 3 is 2.75 bits per heavy atom. The lowest BCUT2D eigenvalue weighted by Crippen LogP contribution is -2.44. The number of hydrogen-bond acceptors (Lipinski definition) is 4. The van der Waals surface area contributed by atoms with Crippen LogP contribution in [0.2, 0.25) is 0 Å². The van der Waals surface area contributed by atoms with Crippen LogP contribution in [0.4, 0.5) is 5.69 Å². The second kappa shape index (κ2) is 6.72. The van der Waals surface area contributed by atoms with Crippen molar-refractivity contribution in [3.8, 4) is 0 Å². The summed E-state index contributed by atoms with van der Waals surface area (Å²) in [7, 11) is 0. The Labute approximate surface area is 127 Å². The highest BCUT2D eigenvalue weighted by Crippen LogP contribution is 2.32. The van der Waals surface area contributed by atoms with E-state index in [9.17, 15) is 9.90 Å². The summed E-state index contributed by atoms with van der Waals surface area (Å²) in [4.78, 5) is 12.2. The van der Waals surface area contributed by atoms with Crippen LogP contribution in [0.25, 0.3) is 0 Å². The Morgan fingerprint density at radius 2 is 2.15 bits per heavy atom. The van der Waals surface area contributed by atoms with Crippen LogP contribution in [0.3, 0.4) is 0 Å². The van der Waals surface area contributed by atoms with Crippen molar-refractivity contribution < 1.29 is 5.11 Å². The number of hydrogen-bond donors (Lipinski definition) is 2. The Hall–Kier alpha value is -0.880. The van der Waals surface area contributed by atoms with Crippen LogP contribution in [0.5, 0.6) is 0 Å². The van der Waals surface area contributed by atoms with Gasteiger partial charge in [-0.1, -0.05) is 26.2 Å². The number of anilines is 1. The smallest absolute Gasteiger partial charge is 0.283 e. The molecule has 1 aliphatic carbocycles. The first-order valence-corrected chi connectivity index (χ1v) is 8.06. The second-order valence-electron chi connectivity index (χ2n) is 5.52. The maximum Gasteiger partial charge on any atom is 0.283 e. The molecule has 1 aromatic heterocycles. The van der Waals surface area contributed by atoms with Gasteiger partial charge in [0.1, 0.15) is 4.47 Å². The van der Waals surface area contributed by atoms with Gasteiger partial charge in [-0.2, -0.15) is 5.10 Å². The van der Waals surface area contributed by atoms with E-state index < -0.39 is 0 Å². The van der Waals surface area contributed by atoms with Crippen molar-refractivity contribution in [2.24, 2.45) is 0 Å². The molecular formula is C14H22BrN3O2. The highest BCUT2D eigenvalue weighted by molar-refractivity contribution is 9.10. The van der Waals surface area contributed by atoms with Crippen LogP contribution in [0.1, 0.15) is 45.4 Å². The van der Waals surface area contributed by atoms with E-state index in [4.69, 9.17) is 0 Å². The molecule has 0 spiro atoms. The third-order valence-electron chi connectivity index (χ3n) is 3.93. The summed E-state index contributed by atoms with van der Waals surface area (Å²) in [5.74, 6) is 0. The maximum atomic E-state index is 12.2. The molecule has 20 heavy (non-hydrogen) atoms. The zero-order chi connectivity index (χ0) is 14.6. The fraction of sp³-hybridized carbons (Fsp3) is 0.714. The lowest BCUT2D eigenvalue weighted by Gasteiger charge is -2.37. The van der Waals surface area contributed by atoms with Gasteiger partial charge in [-0.3, -0.25) is 4.79 Å². The van der Waals surface area contributed by atoms with Gasteiger partial charge in [-0.15, -0.1) is 0 Å². The third kappa shape index (κ3) is 3.23. The van der Waals surface area contributed by atoms with E-state index in [2.05, 4.69) is 26.3 Å². The van der Waals surface area contributed by atoms with Crippen LogP contribution in [-0.4, -0.2) is 27.0 Å². The van der Waals surface area contributed by atoms with E-state index in [1.54, 1.807) is 6.20 Å². The Morgan fingerprint density at radius 1 is 1.45 bits per heavy atom. The summed E-state index contributed by atoms with van der Waals surface area (Å²) < 4.78 is 1.96. The van der Waals surface area contributed by atoms with Crippen molar-refractivity contribution in [1.29, 1.82) is 0 Å². The lowest BCUT2D eigenvalue weighted by atomic mass is 9.82. The van der Waals surface area contributed by atoms with Crippen LogP contribution < -0.4 is 10.9 Å². The molecule has 2 rings (SSSR count). The van der Waals surface area contributed by atoms with E-state index in [1.165, 1.54) is 11.1 Å². The van der Waals surface area contributed by atoms with E-state index in [1.807, 2.05) is 6.92 Å². The molecule has 0 saturated heterocycles. The standard InChI is InChI=1S/C14H22BrN3O2/c1-2-8-18-13(20)12(15)11(9-16-18)17-14(10-19)6-4-3-5-7-14/h9,17,19H,2-8,10H2,1H3. The van der Waals surface area contributed by atoms with Crippen LogP contribution in [0, 0.1) is 0 Å². The number of aliphatic hydroxyl groups excluding tert-OH is 1. The van der Waals surface area contributed by atoms with Gasteiger partial charge in [0.25, 0.3) is 5.56 Å². The molecule has 0 unspecified atom stereocenters. The molecule has 5 nitrogen and oxygen atoms in total. The molecule has 6 heteroatoms. The first kappa shape index (κ1) is 15.5. The molecule has 2 N–H and O–H groups in total. The van der Waals surface area contributed by atoms with Crippen molar-refractivity contribution in [2.75, 3.05) is 11.9 Å². The summed E-state index contributed by atoms with van der Waals surface area (Å²) in [6, 6.07) is 0. The monoisotopic (exact) mass is 343 g/mol. The largest absolute Gasteiger partial charge is 0.394 e. The molecule has 1 fully saturated rings. The van der Waals surface area contributed by atoms with Crippen LogP contribution >= 0.6 is 15.9 Å². The molecule has 0 amide bonds. The van der Waals surface area contributed by atoms with Crippen molar-refractivity contribution in [2.45, 2.75) is 57.5 Å². The summed E-state index contributed by atoms with van der Waals surface area (Å²) in [6.07, 6.45) is 7.81. The topological polar surface area (TPSA) is 67.2 Å². The average Bonchev–Trinajstić information content (AvgIpc) is 2.48. The lowest BCUT2D eigenvalue weighted by molar-refractivity contribution is 0.172. The van der Waals surface area contributed by atoms with Gasteiger partial charge in [0, 0.05) is 6.54 Å². The van der Waals surface area contributed by atoms with Gasteiger partial charge in [-0.05, 0) is 35.2 Å².